The Hall–Kier alpha value is -3.22. The Labute approximate surface area is 132 Å². The van der Waals surface area contributed by atoms with Crippen LogP contribution in [0.2, 0.25) is 0 Å². The molecule has 3 aromatic heterocycles. The molecule has 0 amide bonds. The largest absolute Gasteiger partial charge is 0.506 e. The number of hydrogen-bond donors (Lipinski definition) is 1. The van der Waals surface area contributed by atoms with Gasteiger partial charge in [-0.1, -0.05) is 0 Å². The van der Waals surface area contributed by atoms with Gasteiger partial charge in [0.25, 0.3) is 0 Å². The third kappa shape index (κ3) is 3.03. The average molecular weight is 310 g/mol. The Morgan fingerprint density at radius 1 is 1.30 bits per heavy atom. The monoisotopic (exact) mass is 310 g/mol. The van der Waals surface area contributed by atoms with Crippen LogP contribution in [0.4, 0.5) is 0 Å². The van der Waals surface area contributed by atoms with E-state index in [2.05, 4.69) is 15.1 Å². The molecule has 0 saturated carbocycles. The lowest BCUT2D eigenvalue weighted by Gasteiger charge is -2.06. The maximum atomic E-state index is 12.0. The third-order valence-corrected chi connectivity index (χ3v) is 3.09. The molecule has 0 aliphatic rings. The predicted octanol–water partition coefficient (Wildman–Crippen LogP) is 2.21. The Morgan fingerprint density at radius 3 is 2.83 bits per heavy atom. The number of pyridine rings is 2. The SMILES string of the molecule is CCOC(=O)c1cc(-c2ccc(O)cn2)n(-c2cccnc2)n1. The fourth-order valence-electron chi connectivity index (χ4n) is 2.08. The molecule has 116 valence electrons. The van der Waals surface area contributed by atoms with Crippen molar-refractivity contribution in [2.45, 2.75) is 6.92 Å². The molecule has 7 heteroatoms. The summed E-state index contributed by atoms with van der Waals surface area (Å²) in [6.45, 7) is 2.00. The summed E-state index contributed by atoms with van der Waals surface area (Å²) in [7, 11) is 0. The van der Waals surface area contributed by atoms with Crippen LogP contribution in [0, 0.1) is 0 Å². The standard InChI is InChI=1S/C16H14N4O3/c1-2-23-16(22)14-8-15(13-6-5-12(21)10-18-13)20(19-14)11-4-3-7-17-9-11/h3-10,21H,2H2,1H3. The van der Waals surface area contributed by atoms with Crippen molar-refractivity contribution in [2.24, 2.45) is 0 Å². The number of hydrogen-bond acceptors (Lipinski definition) is 6. The lowest BCUT2D eigenvalue weighted by Crippen LogP contribution is -2.07. The number of ether oxygens (including phenoxy) is 1. The molecule has 0 aromatic carbocycles. The van der Waals surface area contributed by atoms with E-state index in [9.17, 15) is 9.90 Å². The second kappa shape index (κ2) is 6.27. The van der Waals surface area contributed by atoms with E-state index in [4.69, 9.17) is 4.74 Å². The van der Waals surface area contributed by atoms with Gasteiger partial charge in [-0.25, -0.2) is 9.48 Å². The molecule has 0 saturated heterocycles. The summed E-state index contributed by atoms with van der Waals surface area (Å²) in [6, 6.07) is 8.36. The van der Waals surface area contributed by atoms with Gasteiger partial charge in [0.1, 0.15) is 5.75 Å². The number of carbonyl (C=O) groups is 1. The quantitative estimate of drug-likeness (QED) is 0.743. The van der Waals surface area contributed by atoms with Gasteiger partial charge in [-0.15, -0.1) is 0 Å². The van der Waals surface area contributed by atoms with E-state index < -0.39 is 5.97 Å². The molecule has 0 spiro atoms. The van der Waals surface area contributed by atoms with Gasteiger partial charge in [-0.2, -0.15) is 5.10 Å². The summed E-state index contributed by atoms with van der Waals surface area (Å²) in [5.74, 6) is -0.443. The van der Waals surface area contributed by atoms with Crippen molar-refractivity contribution in [1.82, 2.24) is 19.7 Å². The minimum Gasteiger partial charge on any atom is -0.506 e. The van der Waals surface area contributed by atoms with Crippen LogP contribution in [0.1, 0.15) is 17.4 Å². The zero-order valence-electron chi connectivity index (χ0n) is 12.4. The number of esters is 1. The summed E-state index contributed by atoms with van der Waals surface area (Å²) in [4.78, 5) is 20.2. The first-order valence-corrected chi connectivity index (χ1v) is 7.02. The summed E-state index contributed by atoms with van der Waals surface area (Å²) < 4.78 is 6.56. The van der Waals surface area contributed by atoms with Crippen LogP contribution in [0.25, 0.3) is 17.1 Å². The van der Waals surface area contributed by atoms with Gasteiger partial charge in [0.05, 0.1) is 36.1 Å². The first-order chi connectivity index (χ1) is 11.2. The van der Waals surface area contributed by atoms with Gasteiger partial charge < -0.3 is 9.84 Å². The highest BCUT2D eigenvalue weighted by Gasteiger charge is 2.18. The van der Waals surface area contributed by atoms with Crippen molar-refractivity contribution in [3.05, 3.63) is 54.6 Å². The van der Waals surface area contributed by atoms with E-state index >= 15 is 0 Å². The number of carbonyl (C=O) groups excluding carboxylic acids is 1. The number of aromatic nitrogens is 4. The zero-order valence-corrected chi connectivity index (χ0v) is 12.4. The Bertz CT molecular complexity index is 813. The van der Waals surface area contributed by atoms with Crippen LogP contribution < -0.4 is 0 Å². The number of nitrogens with zero attached hydrogens (tertiary/aromatic N) is 4. The number of rotatable bonds is 4. The van der Waals surface area contributed by atoms with Crippen molar-refractivity contribution in [3.8, 4) is 22.8 Å². The fraction of sp³-hybridized carbons (Fsp3) is 0.125. The van der Waals surface area contributed by atoms with Gasteiger partial charge in [0, 0.05) is 12.3 Å². The van der Waals surface area contributed by atoms with Crippen LogP contribution in [0.3, 0.4) is 0 Å². The second-order valence-electron chi connectivity index (χ2n) is 4.66. The minimum atomic E-state index is -0.504. The molecule has 3 rings (SSSR count). The van der Waals surface area contributed by atoms with Crippen LogP contribution in [0.15, 0.2) is 48.9 Å². The maximum Gasteiger partial charge on any atom is 0.358 e. The van der Waals surface area contributed by atoms with Gasteiger partial charge in [0.15, 0.2) is 5.69 Å². The number of aromatic hydroxyl groups is 1. The van der Waals surface area contributed by atoms with E-state index in [1.165, 1.54) is 12.3 Å². The molecule has 3 aromatic rings. The molecular formula is C16H14N4O3. The second-order valence-corrected chi connectivity index (χ2v) is 4.66. The lowest BCUT2D eigenvalue weighted by atomic mass is 10.2. The fourth-order valence-corrected chi connectivity index (χ4v) is 2.08. The van der Waals surface area contributed by atoms with Crippen LogP contribution >= 0.6 is 0 Å². The van der Waals surface area contributed by atoms with Gasteiger partial charge in [0.2, 0.25) is 0 Å². The van der Waals surface area contributed by atoms with Crippen LogP contribution in [0.5, 0.6) is 5.75 Å². The molecule has 23 heavy (non-hydrogen) atoms. The summed E-state index contributed by atoms with van der Waals surface area (Å²) in [5.41, 5.74) is 2.03. The van der Waals surface area contributed by atoms with E-state index in [1.54, 1.807) is 42.2 Å². The minimum absolute atomic E-state index is 0.0619. The molecule has 0 atom stereocenters. The smallest absolute Gasteiger partial charge is 0.358 e. The Balaban J connectivity index is 2.12. The van der Waals surface area contributed by atoms with Gasteiger partial charge in [-0.3, -0.25) is 9.97 Å². The molecule has 0 radical (unpaired) electrons. The van der Waals surface area contributed by atoms with E-state index in [0.717, 1.165) is 0 Å². The molecule has 7 nitrogen and oxygen atoms in total. The van der Waals surface area contributed by atoms with Crippen molar-refractivity contribution in [1.29, 1.82) is 0 Å². The van der Waals surface area contributed by atoms with E-state index in [-0.39, 0.29) is 18.1 Å². The predicted molar refractivity (Wildman–Crippen MR) is 82.2 cm³/mol. The molecule has 3 heterocycles. The molecule has 0 bridgehead atoms. The summed E-state index contributed by atoms with van der Waals surface area (Å²) >= 11 is 0. The molecule has 0 fully saturated rings. The molecular weight excluding hydrogens is 296 g/mol. The maximum absolute atomic E-state index is 12.0. The Kier molecular flexibility index (Phi) is 4.01. The van der Waals surface area contributed by atoms with Crippen LogP contribution in [-0.4, -0.2) is 37.4 Å². The highest BCUT2D eigenvalue weighted by molar-refractivity contribution is 5.88. The summed E-state index contributed by atoms with van der Waals surface area (Å²) in [6.07, 6.45) is 4.61. The van der Waals surface area contributed by atoms with Crippen molar-refractivity contribution >= 4 is 5.97 Å². The molecule has 0 unspecified atom stereocenters. The van der Waals surface area contributed by atoms with E-state index in [1.807, 2.05) is 6.07 Å². The Morgan fingerprint density at radius 2 is 2.17 bits per heavy atom. The van der Waals surface area contributed by atoms with Gasteiger partial charge in [-0.05, 0) is 31.2 Å². The zero-order chi connectivity index (χ0) is 16.2. The van der Waals surface area contributed by atoms with Crippen molar-refractivity contribution in [3.63, 3.8) is 0 Å². The molecule has 0 aliphatic heterocycles. The normalized spacial score (nSPS) is 10.5. The summed E-state index contributed by atoms with van der Waals surface area (Å²) in [5, 5.41) is 13.7. The molecule has 1 N–H and O–H groups in total. The van der Waals surface area contributed by atoms with Crippen molar-refractivity contribution < 1.29 is 14.6 Å². The average Bonchev–Trinajstić information content (AvgIpc) is 3.02. The first-order valence-electron chi connectivity index (χ1n) is 7.02. The molecule has 0 aliphatic carbocycles. The van der Waals surface area contributed by atoms with Gasteiger partial charge >= 0.3 is 5.97 Å². The lowest BCUT2D eigenvalue weighted by molar-refractivity contribution is 0.0519. The van der Waals surface area contributed by atoms with Crippen molar-refractivity contribution in [2.75, 3.05) is 6.61 Å². The third-order valence-electron chi connectivity index (χ3n) is 3.09. The first kappa shape index (κ1) is 14.7. The topological polar surface area (TPSA) is 90.1 Å². The highest BCUT2D eigenvalue weighted by Crippen LogP contribution is 2.23. The van der Waals surface area contributed by atoms with Crippen LogP contribution in [-0.2, 0) is 4.74 Å². The van der Waals surface area contributed by atoms with E-state index in [0.29, 0.717) is 17.1 Å². The highest BCUT2D eigenvalue weighted by atomic mass is 16.5.